The van der Waals surface area contributed by atoms with Crippen molar-refractivity contribution < 1.29 is 4.74 Å². The van der Waals surface area contributed by atoms with E-state index in [-0.39, 0.29) is 0 Å². The van der Waals surface area contributed by atoms with Crippen molar-refractivity contribution in [3.63, 3.8) is 0 Å². The minimum Gasteiger partial charge on any atom is -0.378 e. The van der Waals surface area contributed by atoms with Gasteiger partial charge in [-0.2, -0.15) is 0 Å². The van der Waals surface area contributed by atoms with Gasteiger partial charge in [-0.3, -0.25) is 4.90 Å². The molecule has 1 saturated carbocycles. The van der Waals surface area contributed by atoms with Gasteiger partial charge in [-0.25, -0.2) is 0 Å². The SMILES string of the molecule is BrCC1COCCN1CC1CC1. The van der Waals surface area contributed by atoms with E-state index in [0.29, 0.717) is 6.04 Å². The third-order valence-electron chi connectivity index (χ3n) is 2.72. The molecule has 1 aliphatic carbocycles. The van der Waals surface area contributed by atoms with Crippen LogP contribution in [0.5, 0.6) is 0 Å². The van der Waals surface area contributed by atoms with Crippen LogP contribution in [-0.2, 0) is 4.74 Å². The number of nitrogens with zero attached hydrogens (tertiary/aromatic N) is 1. The van der Waals surface area contributed by atoms with Crippen molar-refractivity contribution in [3.8, 4) is 0 Å². The number of hydrogen-bond acceptors (Lipinski definition) is 2. The molecule has 1 heterocycles. The molecule has 0 amide bonds. The summed E-state index contributed by atoms with van der Waals surface area (Å²) in [5.74, 6) is 1.00. The zero-order valence-electron chi connectivity index (χ0n) is 7.34. The van der Waals surface area contributed by atoms with Crippen LogP contribution in [0.4, 0.5) is 0 Å². The molecule has 1 saturated heterocycles. The minimum atomic E-state index is 0.624. The predicted molar refractivity (Wildman–Crippen MR) is 52.7 cm³/mol. The van der Waals surface area contributed by atoms with Crippen molar-refractivity contribution in [3.05, 3.63) is 0 Å². The molecule has 70 valence electrons. The largest absolute Gasteiger partial charge is 0.378 e. The third kappa shape index (κ3) is 2.21. The van der Waals surface area contributed by atoms with Crippen molar-refractivity contribution in [2.24, 2.45) is 5.92 Å². The van der Waals surface area contributed by atoms with Crippen LogP contribution in [0.25, 0.3) is 0 Å². The Morgan fingerprint density at radius 1 is 1.42 bits per heavy atom. The minimum absolute atomic E-state index is 0.624. The van der Waals surface area contributed by atoms with Gasteiger partial charge >= 0.3 is 0 Å². The van der Waals surface area contributed by atoms with E-state index in [9.17, 15) is 0 Å². The first-order valence-electron chi connectivity index (χ1n) is 4.78. The van der Waals surface area contributed by atoms with Crippen molar-refractivity contribution in [2.75, 3.05) is 31.6 Å². The Hall–Kier alpha value is 0.400. The van der Waals surface area contributed by atoms with Crippen LogP contribution in [0.15, 0.2) is 0 Å². The lowest BCUT2D eigenvalue weighted by atomic mass is 10.2. The lowest BCUT2D eigenvalue weighted by Gasteiger charge is -2.34. The van der Waals surface area contributed by atoms with Crippen LogP contribution in [0.2, 0.25) is 0 Å². The highest BCUT2D eigenvalue weighted by molar-refractivity contribution is 9.09. The van der Waals surface area contributed by atoms with Crippen LogP contribution in [-0.4, -0.2) is 42.6 Å². The molecule has 0 bridgehead atoms. The van der Waals surface area contributed by atoms with Crippen LogP contribution < -0.4 is 0 Å². The summed E-state index contributed by atoms with van der Waals surface area (Å²) in [5, 5.41) is 1.06. The summed E-state index contributed by atoms with van der Waals surface area (Å²) in [7, 11) is 0. The second-order valence-corrected chi connectivity index (χ2v) is 4.47. The van der Waals surface area contributed by atoms with Gasteiger partial charge in [0.05, 0.1) is 13.2 Å². The zero-order valence-corrected chi connectivity index (χ0v) is 8.92. The topological polar surface area (TPSA) is 12.5 Å². The summed E-state index contributed by atoms with van der Waals surface area (Å²) in [6.07, 6.45) is 2.90. The first-order valence-corrected chi connectivity index (χ1v) is 5.90. The van der Waals surface area contributed by atoms with Gasteiger partial charge in [-0.1, -0.05) is 15.9 Å². The maximum Gasteiger partial charge on any atom is 0.0630 e. The fourth-order valence-corrected chi connectivity index (χ4v) is 2.30. The zero-order chi connectivity index (χ0) is 8.39. The number of alkyl halides is 1. The molecule has 1 atom stereocenters. The Morgan fingerprint density at radius 2 is 2.25 bits per heavy atom. The van der Waals surface area contributed by atoms with Gasteiger partial charge in [-0.05, 0) is 18.8 Å². The smallest absolute Gasteiger partial charge is 0.0630 e. The van der Waals surface area contributed by atoms with E-state index in [1.807, 2.05) is 0 Å². The fraction of sp³-hybridized carbons (Fsp3) is 1.00. The molecule has 3 heteroatoms. The number of halogens is 1. The normalized spacial score (nSPS) is 32.2. The molecule has 2 rings (SSSR count). The Bertz CT molecular complexity index is 149. The molecule has 0 aromatic rings. The molecule has 0 radical (unpaired) electrons. The highest BCUT2D eigenvalue weighted by atomic mass is 79.9. The summed E-state index contributed by atoms with van der Waals surface area (Å²) < 4.78 is 5.43. The maximum absolute atomic E-state index is 5.43. The number of hydrogen-bond donors (Lipinski definition) is 0. The molecular weight excluding hydrogens is 218 g/mol. The van der Waals surface area contributed by atoms with Gasteiger partial charge in [-0.15, -0.1) is 0 Å². The molecule has 2 aliphatic rings. The molecule has 0 spiro atoms. The maximum atomic E-state index is 5.43. The molecule has 0 N–H and O–H groups in total. The predicted octanol–water partition coefficient (Wildman–Crippen LogP) is 1.49. The molecular formula is C9H16BrNO. The Balaban J connectivity index is 1.81. The quantitative estimate of drug-likeness (QED) is 0.686. The van der Waals surface area contributed by atoms with Crippen molar-refractivity contribution in [2.45, 2.75) is 18.9 Å². The van der Waals surface area contributed by atoms with Crippen LogP contribution in [0.1, 0.15) is 12.8 Å². The van der Waals surface area contributed by atoms with E-state index < -0.39 is 0 Å². The monoisotopic (exact) mass is 233 g/mol. The van der Waals surface area contributed by atoms with Gasteiger partial charge in [0.15, 0.2) is 0 Å². The van der Waals surface area contributed by atoms with Gasteiger partial charge in [0.25, 0.3) is 0 Å². The van der Waals surface area contributed by atoms with Gasteiger partial charge < -0.3 is 4.74 Å². The van der Waals surface area contributed by atoms with Crippen LogP contribution in [0, 0.1) is 5.92 Å². The van der Waals surface area contributed by atoms with Gasteiger partial charge in [0, 0.05) is 24.5 Å². The third-order valence-corrected chi connectivity index (χ3v) is 3.46. The first kappa shape index (κ1) is 8.97. The lowest BCUT2D eigenvalue weighted by molar-refractivity contribution is -0.0000804. The van der Waals surface area contributed by atoms with E-state index in [4.69, 9.17) is 4.74 Å². The van der Waals surface area contributed by atoms with E-state index in [2.05, 4.69) is 20.8 Å². The summed E-state index contributed by atoms with van der Waals surface area (Å²) in [6, 6.07) is 0.624. The Kier molecular flexibility index (Phi) is 3.05. The molecule has 12 heavy (non-hydrogen) atoms. The van der Waals surface area contributed by atoms with Crippen LogP contribution in [0.3, 0.4) is 0 Å². The number of ether oxygens (including phenoxy) is 1. The van der Waals surface area contributed by atoms with Crippen LogP contribution >= 0.6 is 15.9 Å². The van der Waals surface area contributed by atoms with Crippen molar-refractivity contribution in [1.82, 2.24) is 4.90 Å². The fourth-order valence-electron chi connectivity index (χ4n) is 1.70. The molecule has 1 unspecified atom stereocenters. The lowest BCUT2D eigenvalue weighted by Crippen LogP contribution is -2.47. The van der Waals surface area contributed by atoms with Gasteiger partial charge in [0.2, 0.25) is 0 Å². The van der Waals surface area contributed by atoms with Gasteiger partial charge in [0.1, 0.15) is 0 Å². The molecule has 2 fully saturated rings. The Morgan fingerprint density at radius 3 is 2.92 bits per heavy atom. The average molecular weight is 234 g/mol. The number of morpholine rings is 1. The van der Waals surface area contributed by atoms with E-state index in [1.165, 1.54) is 19.4 Å². The molecule has 2 nitrogen and oxygen atoms in total. The highest BCUT2D eigenvalue weighted by Gasteiger charge is 2.29. The average Bonchev–Trinajstić information content (AvgIpc) is 2.89. The molecule has 0 aromatic carbocycles. The Labute approximate surface area is 82.4 Å². The van der Waals surface area contributed by atoms with Crippen molar-refractivity contribution >= 4 is 15.9 Å². The summed E-state index contributed by atoms with van der Waals surface area (Å²) in [5.41, 5.74) is 0. The first-order chi connectivity index (χ1) is 5.90. The van der Waals surface area contributed by atoms with E-state index in [1.54, 1.807) is 0 Å². The van der Waals surface area contributed by atoms with E-state index >= 15 is 0 Å². The van der Waals surface area contributed by atoms with Crippen molar-refractivity contribution in [1.29, 1.82) is 0 Å². The summed E-state index contributed by atoms with van der Waals surface area (Å²) >= 11 is 3.54. The molecule has 0 aromatic heterocycles. The number of rotatable bonds is 3. The second-order valence-electron chi connectivity index (χ2n) is 3.82. The molecule has 1 aliphatic heterocycles. The summed E-state index contributed by atoms with van der Waals surface area (Å²) in [4.78, 5) is 2.58. The second kappa shape index (κ2) is 4.07. The summed E-state index contributed by atoms with van der Waals surface area (Å²) in [6.45, 7) is 4.28. The highest BCUT2D eigenvalue weighted by Crippen LogP contribution is 2.30. The van der Waals surface area contributed by atoms with E-state index in [0.717, 1.165) is 31.0 Å². The standard InChI is InChI=1S/C9H16BrNO/c10-5-9-7-12-4-3-11(9)6-8-1-2-8/h8-9H,1-7H2.